The maximum atomic E-state index is 11.0. The van der Waals surface area contributed by atoms with Gasteiger partial charge in [0.05, 0.1) is 25.4 Å². The van der Waals surface area contributed by atoms with Gasteiger partial charge in [-0.15, -0.1) is 0 Å². The van der Waals surface area contributed by atoms with Gasteiger partial charge in [-0.05, 0) is 16.2 Å². The van der Waals surface area contributed by atoms with E-state index in [0.29, 0.717) is 4.91 Å². The zero-order valence-corrected chi connectivity index (χ0v) is 16.4. The molecular formula is C11H4O2S8. The summed E-state index contributed by atoms with van der Waals surface area (Å²) in [7, 11) is 0. The standard InChI is InChI=1S/C11H4O2S8/c12-5(13)4-3-16-7(17-4)9-20-10-11(21-9)19-8(18-10)6-14-1-2-15-6/h1-3H,(H,12,13). The molecular weight excluding hydrogens is 421 g/mol. The molecule has 4 rings (SSSR count). The van der Waals surface area contributed by atoms with Gasteiger partial charge in [0, 0.05) is 0 Å². The van der Waals surface area contributed by atoms with Crippen LogP contribution in [0.4, 0.5) is 0 Å². The second kappa shape index (κ2) is 6.46. The number of rotatable bonds is 1. The van der Waals surface area contributed by atoms with Crippen LogP contribution in [0.25, 0.3) is 0 Å². The fourth-order valence-electron chi connectivity index (χ4n) is 1.50. The molecule has 108 valence electrons. The molecule has 0 aromatic heterocycles. The summed E-state index contributed by atoms with van der Waals surface area (Å²) in [6.07, 6.45) is 0. The summed E-state index contributed by atoms with van der Waals surface area (Å²) >= 11 is 13.7. The van der Waals surface area contributed by atoms with E-state index in [0.717, 1.165) is 4.24 Å². The summed E-state index contributed by atoms with van der Waals surface area (Å²) in [4.78, 5) is 11.4. The second-order valence-electron chi connectivity index (χ2n) is 3.65. The first-order chi connectivity index (χ1) is 10.2. The Kier molecular flexibility index (Phi) is 4.77. The zero-order chi connectivity index (χ0) is 14.4. The van der Waals surface area contributed by atoms with Crippen LogP contribution in [-0.4, -0.2) is 11.1 Å². The van der Waals surface area contributed by atoms with E-state index >= 15 is 0 Å². The van der Waals surface area contributed by atoms with E-state index in [-0.39, 0.29) is 0 Å². The molecule has 21 heavy (non-hydrogen) atoms. The normalized spacial score (nSPS) is 24.5. The fourth-order valence-corrected chi connectivity index (χ4v) is 12.4. The maximum absolute atomic E-state index is 11.0. The van der Waals surface area contributed by atoms with E-state index in [2.05, 4.69) is 10.8 Å². The van der Waals surface area contributed by atoms with Crippen LogP contribution in [0.5, 0.6) is 0 Å². The molecule has 0 saturated heterocycles. The first-order valence-corrected chi connectivity index (χ1v) is 12.1. The van der Waals surface area contributed by atoms with Crippen LogP contribution in [0.3, 0.4) is 0 Å². The summed E-state index contributed by atoms with van der Waals surface area (Å²) in [6, 6.07) is 0. The van der Waals surface area contributed by atoms with E-state index < -0.39 is 5.97 Å². The van der Waals surface area contributed by atoms with Gasteiger partial charge >= 0.3 is 5.97 Å². The van der Waals surface area contributed by atoms with Crippen molar-refractivity contribution in [2.45, 2.75) is 0 Å². The average Bonchev–Trinajstić information content (AvgIpc) is 3.21. The molecule has 0 bridgehead atoms. The Morgan fingerprint density at radius 1 is 0.714 bits per heavy atom. The van der Waals surface area contributed by atoms with Crippen molar-refractivity contribution in [1.29, 1.82) is 0 Å². The SMILES string of the molecule is O=C(O)C1=CSC(=C2SC3=C(SC(=C4SC=CS4)S3)S2)S1. The Labute approximate surface area is 155 Å². The summed E-state index contributed by atoms with van der Waals surface area (Å²) in [5.41, 5.74) is 0. The summed E-state index contributed by atoms with van der Waals surface area (Å²) in [6.45, 7) is 0. The number of hydrogen-bond donors (Lipinski definition) is 1. The topological polar surface area (TPSA) is 37.3 Å². The molecule has 0 saturated carbocycles. The lowest BCUT2D eigenvalue weighted by Crippen LogP contribution is -1.92. The molecule has 10 heteroatoms. The highest BCUT2D eigenvalue weighted by atomic mass is 32.3. The number of carboxylic acids is 1. The largest absolute Gasteiger partial charge is 0.477 e. The van der Waals surface area contributed by atoms with Crippen molar-refractivity contribution in [3.05, 3.63) is 46.6 Å². The van der Waals surface area contributed by atoms with Crippen molar-refractivity contribution >= 4 is 100 Å². The van der Waals surface area contributed by atoms with Gasteiger partial charge in [-0.3, -0.25) is 0 Å². The number of carboxylic acid groups (broad SMARTS) is 1. The van der Waals surface area contributed by atoms with Crippen molar-refractivity contribution in [3.63, 3.8) is 0 Å². The minimum Gasteiger partial charge on any atom is -0.477 e. The van der Waals surface area contributed by atoms with E-state index in [9.17, 15) is 4.79 Å². The summed E-state index contributed by atoms with van der Waals surface area (Å²) in [5.74, 6) is -0.838. The van der Waals surface area contributed by atoms with Crippen LogP contribution in [0.15, 0.2) is 46.6 Å². The predicted molar refractivity (Wildman–Crippen MR) is 107 cm³/mol. The fraction of sp³-hybridized carbons (Fsp3) is 0. The van der Waals surface area contributed by atoms with Crippen LogP contribution < -0.4 is 0 Å². The van der Waals surface area contributed by atoms with Crippen molar-refractivity contribution in [1.82, 2.24) is 0 Å². The van der Waals surface area contributed by atoms with Crippen LogP contribution in [0.1, 0.15) is 0 Å². The van der Waals surface area contributed by atoms with E-state index in [4.69, 9.17) is 5.11 Å². The monoisotopic (exact) mass is 424 g/mol. The Morgan fingerprint density at radius 3 is 1.76 bits per heavy atom. The lowest BCUT2D eigenvalue weighted by molar-refractivity contribution is -0.131. The van der Waals surface area contributed by atoms with Gasteiger partial charge in [0.2, 0.25) is 0 Å². The van der Waals surface area contributed by atoms with Crippen molar-refractivity contribution < 1.29 is 9.90 Å². The quantitative estimate of drug-likeness (QED) is 0.492. The summed E-state index contributed by atoms with van der Waals surface area (Å²) < 4.78 is 7.74. The number of carbonyl (C=O) groups is 1. The Morgan fingerprint density at radius 2 is 1.24 bits per heavy atom. The van der Waals surface area contributed by atoms with Gasteiger partial charge < -0.3 is 5.11 Å². The molecule has 0 radical (unpaired) electrons. The van der Waals surface area contributed by atoms with Gasteiger partial charge in [0.1, 0.15) is 4.91 Å². The molecule has 0 aromatic carbocycles. The number of aliphatic carboxylic acids is 1. The number of thioether (sulfide) groups is 8. The smallest absolute Gasteiger partial charge is 0.343 e. The highest BCUT2D eigenvalue weighted by Crippen LogP contribution is 2.70. The third kappa shape index (κ3) is 3.15. The minimum absolute atomic E-state index is 0.420. The van der Waals surface area contributed by atoms with Gasteiger partial charge in [0.25, 0.3) is 0 Å². The molecule has 0 amide bonds. The molecule has 0 spiro atoms. The summed E-state index contributed by atoms with van der Waals surface area (Å²) in [5, 5.41) is 15.0. The first kappa shape index (κ1) is 15.5. The van der Waals surface area contributed by atoms with Gasteiger partial charge in [-0.1, -0.05) is 94.1 Å². The maximum Gasteiger partial charge on any atom is 0.343 e. The zero-order valence-electron chi connectivity index (χ0n) is 9.85. The first-order valence-electron chi connectivity index (χ1n) is 5.41. The van der Waals surface area contributed by atoms with Crippen LogP contribution in [-0.2, 0) is 4.79 Å². The van der Waals surface area contributed by atoms with Gasteiger partial charge in [-0.25, -0.2) is 4.79 Å². The van der Waals surface area contributed by atoms with Gasteiger partial charge in [-0.2, -0.15) is 0 Å². The molecule has 1 N–H and O–H groups in total. The molecule has 4 heterocycles. The van der Waals surface area contributed by atoms with Crippen LogP contribution in [0.2, 0.25) is 0 Å². The Hall–Kier alpha value is 0.970. The molecule has 0 aliphatic carbocycles. The number of hydrogen-bond acceptors (Lipinski definition) is 9. The van der Waals surface area contributed by atoms with E-state index in [1.165, 1.54) is 44.7 Å². The Balaban J connectivity index is 1.46. The predicted octanol–water partition coefficient (Wildman–Crippen LogP) is 6.68. The third-order valence-corrected chi connectivity index (χ3v) is 13.5. The molecule has 4 aliphatic heterocycles. The minimum atomic E-state index is -0.838. The second-order valence-corrected chi connectivity index (χ2v) is 13.0. The molecule has 0 fully saturated rings. The highest BCUT2D eigenvalue weighted by molar-refractivity contribution is 8.49. The highest BCUT2D eigenvalue weighted by Gasteiger charge is 2.35. The third-order valence-electron chi connectivity index (χ3n) is 2.33. The Bertz CT molecular complexity index is 667. The van der Waals surface area contributed by atoms with Crippen molar-refractivity contribution in [2.24, 2.45) is 0 Å². The van der Waals surface area contributed by atoms with Crippen LogP contribution >= 0.6 is 94.1 Å². The molecule has 0 atom stereocenters. The van der Waals surface area contributed by atoms with Crippen molar-refractivity contribution in [3.8, 4) is 0 Å². The molecule has 0 unspecified atom stereocenters. The van der Waals surface area contributed by atoms with Crippen LogP contribution in [0, 0.1) is 0 Å². The average molecular weight is 425 g/mol. The molecule has 2 nitrogen and oxygen atoms in total. The lowest BCUT2D eigenvalue weighted by Gasteiger charge is -2.06. The van der Waals surface area contributed by atoms with E-state index in [1.807, 2.05) is 23.5 Å². The van der Waals surface area contributed by atoms with Gasteiger partial charge in [0.15, 0.2) is 0 Å². The van der Waals surface area contributed by atoms with Crippen molar-refractivity contribution in [2.75, 3.05) is 0 Å². The molecule has 0 aromatic rings. The lowest BCUT2D eigenvalue weighted by atomic mass is 10.7. The van der Waals surface area contributed by atoms with E-state index in [1.54, 1.807) is 52.5 Å². The molecule has 4 aliphatic rings.